The summed E-state index contributed by atoms with van der Waals surface area (Å²) in [7, 11) is 0. The minimum Gasteiger partial charge on any atom is -0.464 e. The summed E-state index contributed by atoms with van der Waals surface area (Å²) in [5.41, 5.74) is 2.00. The standard InChI is InChI=1S/C11H8N2O/c1-2-10(14-7-1)9-3-4-11-12-5-6-13(11)8-9/h1-8H. The molecule has 0 aliphatic carbocycles. The van der Waals surface area contributed by atoms with Crippen molar-refractivity contribution < 1.29 is 4.42 Å². The van der Waals surface area contributed by atoms with Gasteiger partial charge in [0, 0.05) is 24.2 Å². The second-order valence-corrected chi connectivity index (χ2v) is 3.09. The van der Waals surface area contributed by atoms with Crippen LogP contribution in [-0.2, 0) is 0 Å². The molecule has 3 aromatic heterocycles. The highest BCUT2D eigenvalue weighted by atomic mass is 16.3. The number of pyridine rings is 1. The molecule has 68 valence electrons. The van der Waals surface area contributed by atoms with Gasteiger partial charge in [-0.05, 0) is 24.3 Å². The molecule has 0 aromatic carbocycles. The van der Waals surface area contributed by atoms with E-state index in [-0.39, 0.29) is 0 Å². The number of furan rings is 1. The van der Waals surface area contributed by atoms with Crippen LogP contribution in [-0.4, -0.2) is 9.38 Å². The zero-order chi connectivity index (χ0) is 9.38. The van der Waals surface area contributed by atoms with Crippen LogP contribution in [0.4, 0.5) is 0 Å². The van der Waals surface area contributed by atoms with Gasteiger partial charge in [0.05, 0.1) is 6.26 Å². The fourth-order valence-electron chi connectivity index (χ4n) is 1.51. The molecule has 0 saturated heterocycles. The lowest BCUT2D eigenvalue weighted by atomic mass is 10.2. The Kier molecular flexibility index (Phi) is 1.44. The van der Waals surface area contributed by atoms with E-state index >= 15 is 0 Å². The molecule has 3 heteroatoms. The number of imidazole rings is 1. The van der Waals surface area contributed by atoms with E-state index in [9.17, 15) is 0 Å². The van der Waals surface area contributed by atoms with Gasteiger partial charge in [0.25, 0.3) is 0 Å². The molecule has 0 bridgehead atoms. The monoisotopic (exact) mass is 184 g/mol. The Morgan fingerprint density at radius 2 is 2.21 bits per heavy atom. The van der Waals surface area contributed by atoms with Crippen molar-refractivity contribution in [2.75, 3.05) is 0 Å². The highest BCUT2D eigenvalue weighted by Gasteiger charge is 2.01. The van der Waals surface area contributed by atoms with Crippen LogP contribution in [0.5, 0.6) is 0 Å². The largest absolute Gasteiger partial charge is 0.464 e. The minimum atomic E-state index is 0.876. The molecule has 0 saturated carbocycles. The molecule has 3 nitrogen and oxygen atoms in total. The van der Waals surface area contributed by atoms with Gasteiger partial charge in [-0.25, -0.2) is 4.98 Å². The Hall–Kier alpha value is -2.03. The lowest BCUT2D eigenvalue weighted by Gasteiger charge is -1.97. The first-order valence-corrected chi connectivity index (χ1v) is 4.40. The number of rotatable bonds is 1. The molecule has 0 fully saturated rings. The molecule has 3 rings (SSSR count). The molecule has 0 radical (unpaired) electrons. The van der Waals surface area contributed by atoms with Crippen LogP contribution in [0.15, 0.2) is 53.5 Å². The minimum absolute atomic E-state index is 0.876. The molecular weight excluding hydrogens is 176 g/mol. The van der Waals surface area contributed by atoms with E-state index in [0.29, 0.717) is 0 Å². The highest BCUT2D eigenvalue weighted by molar-refractivity contribution is 5.59. The van der Waals surface area contributed by atoms with E-state index in [0.717, 1.165) is 17.0 Å². The number of fused-ring (bicyclic) bond motifs is 1. The van der Waals surface area contributed by atoms with Crippen LogP contribution < -0.4 is 0 Å². The van der Waals surface area contributed by atoms with Gasteiger partial charge >= 0.3 is 0 Å². The summed E-state index contributed by atoms with van der Waals surface area (Å²) in [6.45, 7) is 0. The Morgan fingerprint density at radius 3 is 3.07 bits per heavy atom. The lowest BCUT2D eigenvalue weighted by Crippen LogP contribution is -1.83. The molecule has 3 heterocycles. The molecule has 0 aliphatic rings. The zero-order valence-corrected chi connectivity index (χ0v) is 7.42. The van der Waals surface area contributed by atoms with E-state index in [1.165, 1.54) is 0 Å². The smallest absolute Gasteiger partial charge is 0.136 e. The van der Waals surface area contributed by atoms with Gasteiger partial charge in [0.1, 0.15) is 11.4 Å². The summed E-state index contributed by atoms with van der Waals surface area (Å²) >= 11 is 0. The summed E-state index contributed by atoms with van der Waals surface area (Å²) in [6.07, 6.45) is 7.37. The maximum Gasteiger partial charge on any atom is 0.136 e. The predicted molar refractivity (Wildman–Crippen MR) is 52.9 cm³/mol. The third-order valence-electron chi connectivity index (χ3n) is 2.19. The fourth-order valence-corrected chi connectivity index (χ4v) is 1.51. The van der Waals surface area contributed by atoms with Crippen molar-refractivity contribution in [3.63, 3.8) is 0 Å². The normalized spacial score (nSPS) is 10.9. The predicted octanol–water partition coefficient (Wildman–Crippen LogP) is 2.59. The van der Waals surface area contributed by atoms with Crippen molar-refractivity contribution in [1.82, 2.24) is 9.38 Å². The van der Waals surface area contributed by atoms with Crippen LogP contribution in [0.2, 0.25) is 0 Å². The maximum absolute atomic E-state index is 5.31. The first-order chi connectivity index (χ1) is 6.93. The number of nitrogens with zero attached hydrogens (tertiary/aromatic N) is 2. The van der Waals surface area contributed by atoms with Crippen LogP contribution in [0, 0.1) is 0 Å². The first kappa shape index (κ1) is 7.38. The van der Waals surface area contributed by atoms with Crippen molar-refractivity contribution in [3.8, 4) is 11.3 Å². The molecule has 3 aromatic rings. The molecular formula is C11H8N2O. The zero-order valence-electron chi connectivity index (χ0n) is 7.42. The van der Waals surface area contributed by atoms with Gasteiger partial charge in [-0.3, -0.25) is 0 Å². The van der Waals surface area contributed by atoms with E-state index in [2.05, 4.69) is 4.98 Å². The van der Waals surface area contributed by atoms with Crippen molar-refractivity contribution in [2.45, 2.75) is 0 Å². The molecule has 0 spiro atoms. The summed E-state index contributed by atoms with van der Waals surface area (Å²) < 4.78 is 7.28. The molecule has 0 N–H and O–H groups in total. The first-order valence-electron chi connectivity index (χ1n) is 4.40. The number of hydrogen-bond donors (Lipinski definition) is 0. The van der Waals surface area contributed by atoms with Crippen LogP contribution in [0.1, 0.15) is 0 Å². The molecule has 0 aliphatic heterocycles. The number of hydrogen-bond acceptors (Lipinski definition) is 2. The molecule has 0 amide bonds. The van der Waals surface area contributed by atoms with E-state index in [4.69, 9.17) is 4.42 Å². The van der Waals surface area contributed by atoms with Crippen LogP contribution >= 0.6 is 0 Å². The molecule has 14 heavy (non-hydrogen) atoms. The summed E-state index contributed by atoms with van der Waals surface area (Å²) in [5, 5.41) is 0. The van der Waals surface area contributed by atoms with Crippen LogP contribution in [0.3, 0.4) is 0 Å². The fraction of sp³-hybridized carbons (Fsp3) is 0. The SMILES string of the molecule is c1coc(-c2ccc3nccn3c2)c1. The molecule has 0 unspecified atom stereocenters. The summed E-state index contributed by atoms with van der Waals surface area (Å²) in [4.78, 5) is 4.17. The Labute approximate surface area is 80.6 Å². The average molecular weight is 184 g/mol. The topological polar surface area (TPSA) is 30.4 Å². The van der Waals surface area contributed by atoms with Gasteiger partial charge in [0.2, 0.25) is 0 Å². The van der Waals surface area contributed by atoms with Crippen molar-refractivity contribution in [1.29, 1.82) is 0 Å². The van der Waals surface area contributed by atoms with Gasteiger partial charge < -0.3 is 8.82 Å². The Bertz CT molecular complexity index is 551. The highest BCUT2D eigenvalue weighted by Crippen LogP contribution is 2.19. The third kappa shape index (κ3) is 1.03. The van der Waals surface area contributed by atoms with E-state index < -0.39 is 0 Å². The number of aromatic nitrogens is 2. The van der Waals surface area contributed by atoms with Crippen molar-refractivity contribution >= 4 is 5.65 Å². The van der Waals surface area contributed by atoms with Gasteiger partial charge in [-0.2, -0.15) is 0 Å². The summed E-state index contributed by atoms with van der Waals surface area (Å²) in [6, 6.07) is 7.80. The second-order valence-electron chi connectivity index (χ2n) is 3.09. The van der Waals surface area contributed by atoms with Gasteiger partial charge in [-0.1, -0.05) is 0 Å². The van der Waals surface area contributed by atoms with E-state index in [1.54, 1.807) is 12.5 Å². The second kappa shape index (κ2) is 2.73. The summed E-state index contributed by atoms with van der Waals surface area (Å²) in [5.74, 6) is 0.876. The van der Waals surface area contributed by atoms with Gasteiger partial charge in [-0.15, -0.1) is 0 Å². The van der Waals surface area contributed by atoms with Crippen LogP contribution in [0.25, 0.3) is 17.0 Å². The van der Waals surface area contributed by atoms with Gasteiger partial charge in [0.15, 0.2) is 0 Å². The Balaban J connectivity index is 2.23. The Morgan fingerprint density at radius 1 is 1.21 bits per heavy atom. The lowest BCUT2D eigenvalue weighted by molar-refractivity contribution is 0.582. The van der Waals surface area contributed by atoms with Crippen molar-refractivity contribution in [3.05, 3.63) is 49.1 Å². The van der Waals surface area contributed by atoms with E-state index in [1.807, 2.05) is 41.1 Å². The quantitative estimate of drug-likeness (QED) is 0.582. The molecule has 0 atom stereocenters. The van der Waals surface area contributed by atoms with Crippen molar-refractivity contribution in [2.24, 2.45) is 0 Å². The third-order valence-corrected chi connectivity index (χ3v) is 2.19. The maximum atomic E-state index is 5.31. The average Bonchev–Trinajstić information content (AvgIpc) is 2.88.